The summed E-state index contributed by atoms with van der Waals surface area (Å²) in [5.41, 5.74) is 8.61. The van der Waals surface area contributed by atoms with Gasteiger partial charge in [0.25, 0.3) is 0 Å². The predicted molar refractivity (Wildman–Crippen MR) is 88.3 cm³/mol. The van der Waals surface area contributed by atoms with Crippen LogP contribution in [-0.4, -0.2) is 7.11 Å². The molecular formula is C15H15Br2NO2. The minimum absolute atomic E-state index is 0.421. The lowest BCUT2D eigenvalue weighted by Gasteiger charge is -2.14. The number of ether oxygens (including phenoxy) is 2. The lowest BCUT2D eigenvalue weighted by Crippen LogP contribution is -2.02. The van der Waals surface area contributed by atoms with E-state index >= 15 is 0 Å². The van der Waals surface area contributed by atoms with Crippen LogP contribution in [-0.2, 0) is 6.61 Å². The summed E-state index contributed by atoms with van der Waals surface area (Å²) in [6.07, 6.45) is 0. The summed E-state index contributed by atoms with van der Waals surface area (Å²) in [5, 5.41) is 0. The number of nitrogens with two attached hydrogens (primary N) is 1. The molecule has 2 aromatic rings. The average molecular weight is 401 g/mol. The maximum Gasteiger partial charge on any atom is 0.145 e. The van der Waals surface area contributed by atoms with Gasteiger partial charge in [-0.2, -0.15) is 0 Å². The normalized spacial score (nSPS) is 10.4. The Kier molecular flexibility index (Phi) is 4.94. The topological polar surface area (TPSA) is 44.5 Å². The monoisotopic (exact) mass is 399 g/mol. The van der Waals surface area contributed by atoms with Crippen LogP contribution in [0.1, 0.15) is 11.1 Å². The third-order valence-electron chi connectivity index (χ3n) is 2.89. The van der Waals surface area contributed by atoms with E-state index in [9.17, 15) is 0 Å². The van der Waals surface area contributed by atoms with Crippen LogP contribution in [0.2, 0.25) is 0 Å². The van der Waals surface area contributed by atoms with Gasteiger partial charge in [0, 0.05) is 14.5 Å². The lowest BCUT2D eigenvalue weighted by molar-refractivity contribution is 0.304. The zero-order valence-electron chi connectivity index (χ0n) is 11.2. The summed E-state index contributed by atoms with van der Waals surface area (Å²) in [5.74, 6) is 1.51. The SMILES string of the molecule is COc1ccc(Br)c(COc2c(C)cc(Br)cc2N)c1. The van der Waals surface area contributed by atoms with E-state index in [1.165, 1.54) is 0 Å². The van der Waals surface area contributed by atoms with Gasteiger partial charge in [-0.1, -0.05) is 31.9 Å². The van der Waals surface area contributed by atoms with Crippen LogP contribution >= 0.6 is 31.9 Å². The van der Waals surface area contributed by atoms with Gasteiger partial charge in [0.15, 0.2) is 0 Å². The fraction of sp³-hybridized carbons (Fsp3) is 0.200. The van der Waals surface area contributed by atoms with E-state index in [0.717, 1.165) is 25.8 Å². The Morgan fingerprint density at radius 3 is 2.55 bits per heavy atom. The molecule has 0 heterocycles. The summed E-state index contributed by atoms with van der Waals surface area (Å²) in [6, 6.07) is 9.59. The van der Waals surface area contributed by atoms with Crippen LogP contribution in [0.25, 0.3) is 0 Å². The molecule has 5 heteroatoms. The summed E-state index contributed by atoms with van der Waals surface area (Å²) in [6.45, 7) is 2.39. The predicted octanol–water partition coefficient (Wildman–Crippen LogP) is 4.69. The summed E-state index contributed by atoms with van der Waals surface area (Å²) >= 11 is 6.92. The Balaban J connectivity index is 2.21. The van der Waals surface area contributed by atoms with Gasteiger partial charge in [-0.05, 0) is 42.8 Å². The van der Waals surface area contributed by atoms with Crippen molar-refractivity contribution in [3.63, 3.8) is 0 Å². The zero-order chi connectivity index (χ0) is 14.7. The molecule has 0 amide bonds. The first kappa shape index (κ1) is 15.2. The van der Waals surface area contributed by atoms with Crippen molar-refractivity contribution in [2.75, 3.05) is 12.8 Å². The molecule has 0 radical (unpaired) electrons. The standard InChI is InChI=1S/C15H15Br2NO2/c1-9-5-11(16)7-14(18)15(9)20-8-10-6-12(19-2)3-4-13(10)17/h3-7H,8,18H2,1-2H3. The van der Waals surface area contributed by atoms with Crippen molar-refractivity contribution in [3.8, 4) is 11.5 Å². The molecule has 0 saturated carbocycles. The van der Waals surface area contributed by atoms with Crippen molar-refractivity contribution in [1.29, 1.82) is 0 Å². The van der Waals surface area contributed by atoms with Gasteiger partial charge in [0.05, 0.1) is 12.8 Å². The molecule has 0 aliphatic carbocycles. The van der Waals surface area contributed by atoms with Gasteiger partial charge in [0.2, 0.25) is 0 Å². The second kappa shape index (κ2) is 6.50. The van der Waals surface area contributed by atoms with E-state index < -0.39 is 0 Å². The molecule has 0 aliphatic rings. The van der Waals surface area contributed by atoms with Gasteiger partial charge < -0.3 is 15.2 Å². The van der Waals surface area contributed by atoms with Gasteiger partial charge >= 0.3 is 0 Å². The molecule has 106 valence electrons. The quantitative estimate of drug-likeness (QED) is 0.757. The molecule has 2 aromatic carbocycles. The molecule has 0 fully saturated rings. The highest BCUT2D eigenvalue weighted by Crippen LogP contribution is 2.31. The molecule has 0 spiro atoms. The molecule has 0 unspecified atom stereocenters. The number of hydrogen-bond acceptors (Lipinski definition) is 3. The molecule has 3 nitrogen and oxygen atoms in total. The van der Waals surface area contributed by atoms with Crippen molar-refractivity contribution in [3.05, 3.63) is 50.4 Å². The molecular weight excluding hydrogens is 386 g/mol. The van der Waals surface area contributed by atoms with Gasteiger partial charge in [-0.3, -0.25) is 0 Å². The van der Waals surface area contributed by atoms with Crippen LogP contribution < -0.4 is 15.2 Å². The van der Waals surface area contributed by atoms with Crippen LogP contribution in [0, 0.1) is 6.92 Å². The Morgan fingerprint density at radius 2 is 1.90 bits per heavy atom. The summed E-state index contributed by atoms with van der Waals surface area (Å²) < 4.78 is 13.0. The molecule has 2 rings (SSSR count). The van der Waals surface area contributed by atoms with Crippen molar-refractivity contribution < 1.29 is 9.47 Å². The maximum atomic E-state index is 5.99. The smallest absolute Gasteiger partial charge is 0.145 e. The Labute approximate surface area is 135 Å². The molecule has 0 bridgehead atoms. The Morgan fingerprint density at radius 1 is 1.15 bits per heavy atom. The van der Waals surface area contributed by atoms with E-state index in [-0.39, 0.29) is 0 Å². The first-order valence-electron chi connectivity index (χ1n) is 6.02. The second-order valence-electron chi connectivity index (χ2n) is 4.39. The lowest BCUT2D eigenvalue weighted by atomic mass is 10.2. The first-order valence-corrected chi connectivity index (χ1v) is 7.60. The van der Waals surface area contributed by atoms with Crippen LogP contribution in [0.3, 0.4) is 0 Å². The minimum Gasteiger partial charge on any atom is -0.497 e. The van der Waals surface area contributed by atoms with Crippen molar-refractivity contribution >= 4 is 37.5 Å². The number of aryl methyl sites for hydroxylation is 1. The van der Waals surface area contributed by atoms with Crippen LogP contribution in [0.15, 0.2) is 39.3 Å². The molecule has 2 N–H and O–H groups in total. The largest absolute Gasteiger partial charge is 0.497 e. The summed E-state index contributed by atoms with van der Waals surface area (Å²) in [7, 11) is 1.64. The molecule has 0 aliphatic heterocycles. The van der Waals surface area contributed by atoms with Gasteiger partial charge in [-0.15, -0.1) is 0 Å². The first-order chi connectivity index (χ1) is 9.51. The second-order valence-corrected chi connectivity index (χ2v) is 6.16. The third-order valence-corrected chi connectivity index (χ3v) is 4.12. The number of anilines is 1. The maximum absolute atomic E-state index is 5.99. The molecule has 0 aromatic heterocycles. The number of methoxy groups -OCH3 is 1. The summed E-state index contributed by atoms with van der Waals surface area (Å²) in [4.78, 5) is 0. The van der Waals surface area contributed by atoms with Crippen molar-refractivity contribution in [2.45, 2.75) is 13.5 Å². The third kappa shape index (κ3) is 3.46. The number of halogens is 2. The molecule has 0 atom stereocenters. The van der Waals surface area contributed by atoms with E-state index in [0.29, 0.717) is 18.0 Å². The number of nitrogen functional groups attached to an aromatic ring is 1. The van der Waals surface area contributed by atoms with E-state index in [4.69, 9.17) is 15.2 Å². The zero-order valence-corrected chi connectivity index (χ0v) is 14.4. The number of benzene rings is 2. The average Bonchev–Trinajstić information content (AvgIpc) is 2.39. The van der Waals surface area contributed by atoms with Gasteiger partial charge in [-0.25, -0.2) is 0 Å². The molecule has 20 heavy (non-hydrogen) atoms. The van der Waals surface area contributed by atoms with Gasteiger partial charge in [0.1, 0.15) is 18.1 Å². The van der Waals surface area contributed by atoms with E-state index in [1.54, 1.807) is 7.11 Å². The minimum atomic E-state index is 0.421. The highest BCUT2D eigenvalue weighted by Gasteiger charge is 2.09. The van der Waals surface area contributed by atoms with E-state index in [2.05, 4.69) is 31.9 Å². The number of hydrogen-bond donors (Lipinski definition) is 1. The Hall–Kier alpha value is -1.20. The number of rotatable bonds is 4. The van der Waals surface area contributed by atoms with Crippen molar-refractivity contribution in [1.82, 2.24) is 0 Å². The Bertz CT molecular complexity index is 606. The highest BCUT2D eigenvalue weighted by molar-refractivity contribution is 9.10. The fourth-order valence-electron chi connectivity index (χ4n) is 1.89. The highest BCUT2D eigenvalue weighted by atomic mass is 79.9. The molecule has 0 saturated heterocycles. The van der Waals surface area contributed by atoms with Crippen molar-refractivity contribution in [2.24, 2.45) is 0 Å². The van der Waals surface area contributed by atoms with Crippen LogP contribution in [0.4, 0.5) is 5.69 Å². The fourth-order valence-corrected chi connectivity index (χ4v) is 2.84. The van der Waals surface area contributed by atoms with Crippen LogP contribution in [0.5, 0.6) is 11.5 Å². The van der Waals surface area contributed by atoms with E-state index in [1.807, 2.05) is 37.3 Å².